The highest BCUT2D eigenvalue weighted by atomic mass is 15.1. The first-order valence-electron chi connectivity index (χ1n) is 11.0. The second-order valence-corrected chi connectivity index (χ2v) is 9.57. The molecule has 0 amide bonds. The largest absolute Gasteiger partial charge is 0.300 e. The molecule has 0 bridgehead atoms. The Labute approximate surface area is 181 Å². The average Bonchev–Trinajstić information content (AvgIpc) is 3.23. The third-order valence-corrected chi connectivity index (χ3v) is 6.01. The fourth-order valence-corrected chi connectivity index (χ4v) is 4.44. The van der Waals surface area contributed by atoms with Crippen LogP contribution in [0.15, 0.2) is 90.3 Å². The maximum absolute atomic E-state index is 4.75. The average molecular weight is 397 g/mol. The van der Waals surface area contributed by atoms with E-state index < -0.39 is 0 Å². The van der Waals surface area contributed by atoms with Crippen LogP contribution in [0.2, 0.25) is 0 Å². The molecule has 3 aromatic rings. The molecule has 1 atom stereocenters. The maximum atomic E-state index is 4.75. The Bertz CT molecular complexity index is 1060. The standard InChI is InChI=1S/C28H32N2/c1-20(2)24-18-23(21-12-8-6-9-13-21)19-25(28(3,4)5)26(24)30-17-16-29-27(30)22-14-10-7-11-15-22/h6-17,19-20,23H,18H2,1-5H3. The van der Waals surface area contributed by atoms with Crippen LogP contribution in [0.25, 0.3) is 17.1 Å². The zero-order valence-electron chi connectivity index (χ0n) is 18.8. The van der Waals surface area contributed by atoms with Crippen molar-refractivity contribution in [3.8, 4) is 11.4 Å². The highest BCUT2D eigenvalue weighted by molar-refractivity contribution is 5.76. The Morgan fingerprint density at radius 1 is 0.933 bits per heavy atom. The summed E-state index contributed by atoms with van der Waals surface area (Å²) >= 11 is 0. The van der Waals surface area contributed by atoms with Gasteiger partial charge in [-0.15, -0.1) is 0 Å². The summed E-state index contributed by atoms with van der Waals surface area (Å²) in [6.45, 7) is 11.6. The fourth-order valence-electron chi connectivity index (χ4n) is 4.44. The van der Waals surface area contributed by atoms with Crippen LogP contribution in [0, 0.1) is 11.3 Å². The van der Waals surface area contributed by atoms with E-state index in [0.29, 0.717) is 11.8 Å². The second-order valence-electron chi connectivity index (χ2n) is 9.57. The van der Waals surface area contributed by atoms with Gasteiger partial charge in [-0.25, -0.2) is 4.98 Å². The quantitative estimate of drug-likeness (QED) is 0.444. The van der Waals surface area contributed by atoms with E-state index in [-0.39, 0.29) is 5.41 Å². The van der Waals surface area contributed by atoms with Crippen LogP contribution in [0.5, 0.6) is 0 Å². The molecule has 0 spiro atoms. The van der Waals surface area contributed by atoms with E-state index in [9.17, 15) is 0 Å². The lowest BCUT2D eigenvalue weighted by atomic mass is 9.72. The van der Waals surface area contributed by atoms with Crippen molar-refractivity contribution < 1.29 is 0 Å². The van der Waals surface area contributed by atoms with Crippen LogP contribution in [0.4, 0.5) is 0 Å². The first-order chi connectivity index (χ1) is 14.4. The molecule has 0 saturated heterocycles. The molecule has 0 fully saturated rings. The van der Waals surface area contributed by atoms with E-state index in [0.717, 1.165) is 17.8 Å². The van der Waals surface area contributed by atoms with E-state index >= 15 is 0 Å². The molecule has 1 aliphatic carbocycles. The summed E-state index contributed by atoms with van der Waals surface area (Å²) in [6, 6.07) is 21.4. The first-order valence-corrected chi connectivity index (χ1v) is 11.0. The smallest absolute Gasteiger partial charge is 0.144 e. The van der Waals surface area contributed by atoms with Gasteiger partial charge in [-0.1, -0.05) is 101 Å². The zero-order chi connectivity index (χ0) is 21.3. The summed E-state index contributed by atoms with van der Waals surface area (Å²) in [5.41, 5.74) is 6.82. The molecule has 30 heavy (non-hydrogen) atoms. The molecule has 0 N–H and O–H groups in total. The predicted octanol–water partition coefficient (Wildman–Crippen LogP) is 7.58. The van der Waals surface area contributed by atoms with Crippen LogP contribution in [0.1, 0.15) is 52.5 Å². The predicted molar refractivity (Wildman–Crippen MR) is 127 cm³/mol. The van der Waals surface area contributed by atoms with E-state index in [1.165, 1.54) is 22.4 Å². The SMILES string of the molecule is CC(C)C1=C(n2ccnc2-c2ccccc2)C(C(C)(C)C)=CC(c2ccccc2)C1. The number of hydrogen-bond donors (Lipinski definition) is 0. The van der Waals surface area contributed by atoms with Crippen molar-refractivity contribution in [2.75, 3.05) is 0 Å². The third-order valence-electron chi connectivity index (χ3n) is 6.01. The summed E-state index contributed by atoms with van der Waals surface area (Å²) < 4.78 is 2.32. The number of imidazole rings is 1. The normalized spacial score (nSPS) is 17.4. The van der Waals surface area contributed by atoms with Crippen LogP contribution in [-0.4, -0.2) is 9.55 Å². The summed E-state index contributed by atoms with van der Waals surface area (Å²) in [7, 11) is 0. The number of benzene rings is 2. The monoisotopic (exact) mass is 396 g/mol. The van der Waals surface area contributed by atoms with Gasteiger partial charge < -0.3 is 0 Å². The van der Waals surface area contributed by atoms with Crippen LogP contribution in [0.3, 0.4) is 0 Å². The number of hydrogen-bond acceptors (Lipinski definition) is 1. The summed E-state index contributed by atoms with van der Waals surface area (Å²) in [5.74, 6) is 1.88. The number of nitrogens with zero attached hydrogens (tertiary/aromatic N) is 2. The molecule has 4 rings (SSSR count). The highest BCUT2D eigenvalue weighted by Gasteiger charge is 2.32. The topological polar surface area (TPSA) is 17.8 Å². The van der Waals surface area contributed by atoms with Crippen LogP contribution >= 0.6 is 0 Å². The molecule has 0 radical (unpaired) electrons. The molecule has 0 saturated carbocycles. The minimum absolute atomic E-state index is 0.0289. The molecule has 2 aromatic carbocycles. The van der Waals surface area contributed by atoms with Gasteiger partial charge in [0.1, 0.15) is 5.82 Å². The minimum atomic E-state index is 0.0289. The van der Waals surface area contributed by atoms with Crippen molar-refractivity contribution in [3.63, 3.8) is 0 Å². The first kappa shape index (κ1) is 20.4. The highest BCUT2D eigenvalue weighted by Crippen LogP contribution is 2.47. The molecule has 2 heteroatoms. The summed E-state index contributed by atoms with van der Waals surface area (Å²) in [6.07, 6.45) is 7.60. The van der Waals surface area contributed by atoms with Crippen LogP contribution in [-0.2, 0) is 0 Å². The van der Waals surface area contributed by atoms with Gasteiger partial charge in [0.05, 0.1) is 0 Å². The minimum Gasteiger partial charge on any atom is -0.300 e. The van der Waals surface area contributed by atoms with Gasteiger partial charge in [0.2, 0.25) is 0 Å². The molecule has 2 nitrogen and oxygen atoms in total. The van der Waals surface area contributed by atoms with Crippen molar-refractivity contribution in [2.24, 2.45) is 11.3 Å². The van der Waals surface area contributed by atoms with Crippen molar-refractivity contribution >= 4 is 5.70 Å². The molecular weight excluding hydrogens is 364 g/mol. The molecular formula is C28H32N2. The lowest BCUT2D eigenvalue weighted by Crippen LogP contribution is -2.22. The summed E-state index contributed by atoms with van der Waals surface area (Å²) in [5, 5.41) is 0. The summed E-state index contributed by atoms with van der Waals surface area (Å²) in [4.78, 5) is 4.75. The lowest BCUT2D eigenvalue weighted by Gasteiger charge is -2.36. The van der Waals surface area contributed by atoms with Crippen molar-refractivity contribution in [1.82, 2.24) is 9.55 Å². The zero-order valence-corrected chi connectivity index (χ0v) is 18.8. The van der Waals surface area contributed by atoms with Crippen molar-refractivity contribution in [1.29, 1.82) is 0 Å². The van der Waals surface area contributed by atoms with E-state index in [1.54, 1.807) is 0 Å². The molecule has 1 aromatic heterocycles. The van der Waals surface area contributed by atoms with Gasteiger partial charge in [-0.2, -0.15) is 0 Å². The van der Waals surface area contributed by atoms with E-state index in [4.69, 9.17) is 4.98 Å². The Balaban J connectivity index is 1.91. The molecule has 0 aliphatic heterocycles. The molecule has 154 valence electrons. The fraction of sp³-hybridized carbons (Fsp3) is 0.321. The van der Waals surface area contributed by atoms with Gasteiger partial charge in [0.15, 0.2) is 0 Å². The number of allylic oxidation sites excluding steroid dienone is 4. The Morgan fingerprint density at radius 3 is 2.17 bits per heavy atom. The Kier molecular flexibility index (Phi) is 5.51. The molecule has 1 unspecified atom stereocenters. The molecule has 1 heterocycles. The van der Waals surface area contributed by atoms with E-state index in [1.807, 2.05) is 6.20 Å². The van der Waals surface area contributed by atoms with Gasteiger partial charge in [0.25, 0.3) is 0 Å². The van der Waals surface area contributed by atoms with Crippen molar-refractivity contribution in [2.45, 2.75) is 47.0 Å². The Hall–Kier alpha value is -2.87. The second kappa shape index (κ2) is 8.10. The van der Waals surface area contributed by atoms with Gasteiger partial charge in [0, 0.05) is 29.6 Å². The Morgan fingerprint density at radius 2 is 1.57 bits per heavy atom. The van der Waals surface area contributed by atoms with Gasteiger partial charge in [-0.3, -0.25) is 4.57 Å². The lowest BCUT2D eigenvalue weighted by molar-refractivity contribution is 0.502. The molecule has 1 aliphatic rings. The number of rotatable bonds is 4. The number of aromatic nitrogens is 2. The van der Waals surface area contributed by atoms with E-state index in [2.05, 4.69) is 112 Å². The van der Waals surface area contributed by atoms with Gasteiger partial charge >= 0.3 is 0 Å². The van der Waals surface area contributed by atoms with Crippen LogP contribution < -0.4 is 0 Å². The van der Waals surface area contributed by atoms with Crippen molar-refractivity contribution in [3.05, 3.63) is 95.8 Å². The van der Waals surface area contributed by atoms with Gasteiger partial charge in [-0.05, 0) is 34.5 Å². The maximum Gasteiger partial charge on any atom is 0.144 e. The third kappa shape index (κ3) is 3.92.